The third-order valence-electron chi connectivity index (χ3n) is 2.84. The van der Waals surface area contributed by atoms with E-state index in [1.54, 1.807) is 0 Å². The number of nitrogens with two attached hydrogens (primary N) is 1. The summed E-state index contributed by atoms with van der Waals surface area (Å²) in [6, 6.07) is 1.05. The molecule has 0 spiro atoms. The number of nitrogens with zero attached hydrogens (tertiary/aromatic N) is 2. The molecule has 0 aliphatic carbocycles. The van der Waals surface area contributed by atoms with Crippen LogP contribution < -0.4 is 11.3 Å². The van der Waals surface area contributed by atoms with Crippen molar-refractivity contribution in [2.24, 2.45) is 0 Å². The molecule has 0 atom stereocenters. The number of nitrogen functional groups attached to an aromatic ring is 1. The molecular weight excluding hydrogens is 225 g/mol. The second-order valence-corrected chi connectivity index (χ2v) is 4.07. The summed E-state index contributed by atoms with van der Waals surface area (Å²) < 4.78 is 19.6. The van der Waals surface area contributed by atoms with Gasteiger partial charge in [-0.15, -0.1) is 0 Å². The molecule has 0 bridgehead atoms. The van der Waals surface area contributed by atoms with E-state index < -0.39 is 5.82 Å². The number of ether oxygens (including phenoxy) is 1. The summed E-state index contributed by atoms with van der Waals surface area (Å²) in [4.78, 5) is 13.8. The fourth-order valence-corrected chi connectivity index (χ4v) is 1.86. The van der Waals surface area contributed by atoms with E-state index in [9.17, 15) is 9.18 Å². The van der Waals surface area contributed by atoms with Crippen LogP contribution in [-0.4, -0.2) is 42.3 Å². The second kappa shape index (κ2) is 5.29. The first-order valence-corrected chi connectivity index (χ1v) is 5.62. The SMILES string of the molecule is Nc1cc(F)cn(CCN2CCOCC2)c1=O. The Morgan fingerprint density at radius 2 is 2.06 bits per heavy atom. The van der Waals surface area contributed by atoms with Gasteiger partial charge in [-0.25, -0.2) is 4.39 Å². The van der Waals surface area contributed by atoms with Crippen LogP contribution in [0, 0.1) is 5.82 Å². The molecule has 2 rings (SSSR count). The zero-order valence-corrected chi connectivity index (χ0v) is 9.56. The van der Waals surface area contributed by atoms with Gasteiger partial charge in [0.25, 0.3) is 5.56 Å². The maximum atomic E-state index is 13.1. The standard InChI is InChI=1S/C11H16FN3O2/c12-9-7-10(13)11(16)15(8-9)2-1-14-3-5-17-6-4-14/h7-8H,1-6,13H2. The first kappa shape index (κ1) is 12.1. The largest absolute Gasteiger partial charge is 0.394 e. The fourth-order valence-electron chi connectivity index (χ4n) is 1.86. The Bertz CT molecular complexity index is 441. The summed E-state index contributed by atoms with van der Waals surface area (Å²) in [5, 5.41) is 0. The van der Waals surface area contributed by atoms with Crippen molar-refractivity contribution in [1.29, 1.82) is 0 Å². The van der Waals surface area contributed by atoms with E-state index >= 15 is 0 Å². The molecule has 2 heterocycles. The summed E-state index contributed by atoms with van der Waals surface area (Å²) in [6.07, 6.45) is 1.19. The van der Waals surface area contributed by atoms with E-state index in [-0.39, 0.29) is 11.2 Å². The van der Waals surface area contributed by atoms with Gasteiger partial charge in [0.1, 0.15) is 11.5 Å². The number of aromatic nitrogens is 1. The number of morpholine rings is 1. The summed E-state index contributed by atoms with van der Waals surface area (Å²) in [6.45, 7) is 4.26. The smallest absolute Gasteiger partial charge is 0.273 e. The Hall–Kier alpha value is -1.40. The number of hydrogen-bond acceptors (Lipinski definition) is 4. The molecule has 1 aromatic heterocycles. The first-order chi connectivity index (χ1) is 8.16. The van der Waals surface area contributed by atoms with Crippen molar-refractivity contribution in [3.8, 4) is 0 Å². The zero-order valence-electron chi connectivity index (χ0n) is 9.56. The highest BCUT2D eigenvalue weighted by atomic mass is 19.1. The maximum Gasteiger partial charge on any atom is 0.273 e. The molecule has 1 aliphatic rings. The minimum atomic E-state index is -0.482. The van der Waals surface area contributed by atoms with Crippen molar-refractivity contribution in [1.82, 2.24) is 9.47 Å². The van der Waals surface area contributed by atoms with E-state index in [2.05, 4.69) is 4.90 Å². The van der Waals surface area contributed by atoms with Crippen LogP contribution in [0.4, 0.5) is 10.1 Å². The predicted octanol–water partition coefficient (Wildman–Crippen LogP) is -0.0982. The quantitative estimate of drug-likeness (QED) is 0.803. The lowest BCUT2D eigenvalue weighted by molar-refractivity contribution is 0.0362. The van der Waals surface area contributed by atoms with Crippen LogP contribution in [0.25, 0.3) is 0 Å². The Balaban J connectivity index is 2.00. The van der Waals surface area contributed by atoms with Gasteiger partial charge in [0.2, 0.25) is 0 Å². The summed E-state index contributed by atoms with van der Waals surface area (Å²) in [5.74, 6) is -0.482. The highest BCUT2D eigenvalue weighted by molar-refractivity contribution is 5.34. The average Bonchev–Trinajstić information content (AvgIpc) is 2.33. The van der Waals surface area contributed by atoms with Gasteiger partial charge >= 0.3 is 0 Å². The minimum Gasteiger partial charge on any atom is -0.394 e. The third kappa shape index (κ3) is 3.04. The van der Waals surface area contributed by atoms with Crippen molar-refractivity contribution in [3.05, 3.63) is 28.4 Å². The van der Waals surface area contributed by atoms with Crippen molar-refractivity contribution in [3.63, 3.8) is 0 Å². The van der Waals surface area contributed by atoms with Gasteiger partial charge in [0.05, 0.1) is 13.2 Å². The molecule has 5 nitrogen and oxygen atoms in total. The topological polar surface area (TPSA) is 60.5 Å². The number of pyridine rings is 1. The van der Waals surface area contributed by atoms with Crippen molar-refractivity contribution in [2.75, 3.05) is 38.6 Å². The van der Waals surface area contributed by atoms with Crippen LogP contribution in [-0.2, 0) is 11.3 Å². The van der Waals surface area contributed by atoms with Crippen LogP contribution in [0.3, 0.4) is 0 Å². The van der Waals surface area contributed by atoms with E-state index in [0.717, 1.165) is 19.2 Å². The molecule has 1 aromatic rings. The normalized spacial score (nSPS) is 17.2. The van der Waals surface area contributed by atoms with E-state index in [1.165, 1.54) is 10.8 Å². The summed E-state index contributed by atoms with van der Waals surface area (Å²) in [7, 11) is 0. The highest BCUT2D eigenvalue weighted by Gasteiger charge is 2.11. The molecule has 1 aliphatic heterocycles. The van der Waals surface area contributed by atoms with Crippen molar-refractivity contribution >= 4 is 5.69 Å². The van der Waals surface area contributed by atoms with Crippen LogP contribution in [0.15, 0.2) is 17.1 Å². The van der Waals surface area contributed by atoms with Crippen molar-refractivity contribution in [2.45, 2.75) is 6.54 Å². The molecule has 94 valence electrons. The molecule has 1 saturated heterocycles. The van der Waals surface area contributed by atoms with Gasteiger partial charge in [-0.05, 0) is 0 Å². The average molecular weight is 241 g/mol. The van der Waals surface area contributed by atoms with Crippen molar-refractivity contribution < 1.29 is 9.13 Å². The molecule has 6 heteroatoms. The first-order valence-electron chi connectivity index (χ1n) is 5.62. The zero-order chi connectivity index (χ0) is 12.3. The van der Waals surface area contributed by atoms with E-state index in [4.69, 9.17) is 10.5 Å². The van der Waals surface area contributed by atoms with Gasteiger partial charge in [-0.2, -0.15) is 0 Å². The van der Waals surface area contributed by atoms with Crippen LogP contribution >= 0.6 is 0 Å². The Morgan fingerprint density at radius 3 is 2.76 bits per heavy atom. The van der Waals surface area contributed by atoms with E-state index in [1.807, 2.05) is 0 Å². The van der Waals surface area contributed by atoms with Crippen LogP contribution in [0.1, 0.15) is 0 Å². The molecule has 17 heavy (non-hydrogen) atoms. The van der Waals surface area contributed by atoms with Gasteiger partial charge in [-0.3, -0.25) is 9.69 Å². The lowest BCUT2D eigenvalue weighted by atomic mass is 10.3. The number of halogens is 1. The molecule has 0 radical (unpaired) electrons. The molecule has 0 amide bonds. The Kier molecular flexibility index (Phi) is 3.75. The maximum absolute atomic E-state index is 13.1. The van der Waals surface area contributed by atoms with Gasteiger partial charge < -0.3 is 15.0 Å². The van der Waals surface area contributed by atoms with Crippen LogP contribution in [0.5, 0.6) is 0 Å². The van der Waals surface area contributed by atoms with E-state index in [0.29, 0.717) is 26.3 Å². The molecule has 2 N–H and O–H groups in total. The molecule has 0 unspecified atom stereocenters. The Morgan fingerprint density at radius 1 is 1.35 bits per heavy atom. The lowest BCUT2D eigenvalue weighted by Crippen LogP contribution is -2.39. The second-order valence-electron chi connectivity index (χ2n) is 4.07. The minimum absolute atomic E-state index is 0.0491. The third-order valence-corrected chi connectivity index (χ3v) is 2.84. The summed E-state index contributed by atoms with van der Waals surface area (Å²) in [5.41, 5.74) is 5.04. The van der Waals surface area contributed by atoms with Gasteiger partial charge in [-0.1, -0.05) is 0 Å². The monoisotopic (exact) mass is 241 g/mol. The number of hydrogen-bond donors (Lipinski definition) is 1. The number of anilines is 1. The molecule has 1 fully saturated rings. The van der Waals surface area contributed by atoms with Gasteiger partial charge in [0, 0.05) is 38.4 Å². The fraction of sp³-hybridized carbons (Fsp3) is 0.545. The predicted molar refractivity (Wildman–Crippen MR) is 62.3 cm³/mol. The summed E-state index contributed by atoms with van der Waals surface area (Å²) >= 11 is 0. The molecular formula is C11H16FN3O2. The number of rotatable bonds is 3. The van der Waals surface area contributed by atoms with Crippen LogP contribution in [0.2, 0.25) is 0 Å². The lowest BCUT2D eigenvalue weighted by Gasteiger charge is -2.26. The Labute approximate surface area is 98.6 Å². The van der Waals surface area contributed by atoms with Gasteiger partial charge in [0.15, 0.2) is 0 Å². The molecule has 0 aromatic carbocycles. The molecule has 0 saturated carbocycles. The highest BCUT2D eigenvalue weighted by Crippen LogP contribution is 2.01.